The van der Waals surface area contributed by atoms with E-state index in [4.69, 9.17) is 0 Å². The van der Waals surface area contributed by atoms with Crippen LogP contribution in [0.4, 0.5) is 0 Å². The lowest BCUT2D eigenvalue weighted by atomic mass is 9.79. The van der Waals surface area contributed by atoms with Crippen LogP contribution in [0.3, 0.4) is 0 Å². The summed E-state index contributed by atoms with van der Waals surface area (Å²) in [6.45, 7) is 3.02. The molecule has 0 aliphatic heterocycles. The number of rotatable bonds is 3. The predicted octanol–water partition coefficient (Wildman–Crippen LogP) is 1.03. The normalized spacial score (nSPS) is 41.9. The number of allylic oxidation sites excluding steroid dienone is 2. The number of hydrogen-bond acceptors (Lipinski definition) is 3. The summed E-state index contributed by atoms with van der Waals surface area (Å²) in [6, 6.07) is 0. The molecule has 15 heavy (non-hydrogen) atoms. The van der Waals surface area contributed by atoms with E-state index in [-0.39, 0.29) is 41.2 Å². The summed E-state index contributed by atoms with van der Waals surface area (Å²) < 4.78 is 0. The van der Waals surface area contributed by atoms with E-state index >= 15 is 0 Å². The third kappa shape index (κ3) is 1.29. The van der Waals surface area contributed by atoms with Crippen molar-refractivity contribution in [2.24, 2.45) is 29.6 Å². The van der Waals surface area contributed by atoms with E-state index in [1.165, 1.54) is 13.8 Å². The number of hydrogen-bond donors (Lipinski definition) is 0. The van der Waals surface area contributed by atoms with E-state index < -0.39 is 0 Å². The van der Waals surface area contributed by atoms with Crippen molar-refractivity contribution in [3.63, 3.8) is 0 Å². The number of aldehydes is 1. The van der Waals surface area contributed by atoms with Crippen molar-refractivity contribution in [3.8, 4) is 0 Å². The topological polar surface area (TPSA) is 51.2 Å². The SMILES string of the molecule is CC(=O)[C@H]1[C@H](C(C)=O)[C@H]2C=C[C@@H]1C2C=O. The summed E-state index contributed by atoms with van der Waals surface area (Å²) in [7, 11) is 0. The average Bonchev–Trinajstić information content (AvgIpc) is 2.70. The van der Waals surface area contributed by atoms with Crippen LogP contribution in [0.1, 0.15) is 13.8 Å². The fraction of sp³-hybridized carbons (Fsp3) is 0.583. The molecule has 0 N–H and O–H groups in total. The van der Waals surface area contributed by atoms with Crippen molar-refractivity contribution in [2.75, 3.05) is 0 Å². The number of carbonyl (C=O) groups excluding carboxylic acids is 3. The zero-order chi connectivity index (χ0) is 11.2. The maximum absolute atomic E-state index is 11.5. The van der Waals surface area contributed by atoms with E-state index in [0.717, 1.165) is 6.29 Å². The molecule has 2 rings (SSSR count). The first kappa shape index (κ1) is 10.3. The van der Waals surface area contributed by atoms with Crippen molar-refractivity contribution in [1.29, 1.82) is 0 Å². The molecule has 1 saturated carbocycles. The molecule has 1 unspecified atom stereocenters. The maximum atomic E-state index is 11.5. The van der Waals surface area contributed by atoms with E-state index in [0.29, 0.717) is 0 Å². The summed E-state index contributed by atoms with van der Waals surface area (Å²) in [4.78, 5) is 34.0. The van der Waals surface area contributed by atoms with Gasteiger partial charge < -0.3 is 4.79 Å². The minimum absolute atomic E-state index is 0.0268. The molecule has 2 aliphatic carbocycles. The minimum atomic E-state index is -0.271. The highest BCUT2D eigenvalue weighted by Crippen LogP contribution is 2.51. The lowest BCUT2D eigenvalue weighted by Crippen LogP contribution is -2.30. The van der Waals surface area contributed by atoms with Crippen molar-refractivity contribution in [2.45, 2.75) is 13.8 Å². The third-order valence-corrected chi connectivity index (χ3v) is 3.76. The molecule has 0 saturated heterocycles. The molecule has 0 aromatic rings. The Morgan fingerprint density at radius 1 is 1.00 bits per heavy atom. The first-order valence-corrected chi connectivity index (χ1v) is 5.22. The van der Waals surface area contributed by atoms with E-state index in [1.807, 2.05) is 12.2 Å². The first-order valence-electron chi connectivity index (χ1n) is 5.22. The predicted molar refractivity (Wildman–Crippen MR) is 54.0 cm³/mol. The Morgan fingerprint density at radius 2 is 1.40 bits per heavy atom. The quantitative estimate of drug-likeness (QED) is 0.512. The summed E-state index contributed by atoms with van der Waals surface area (Å²) in [6.07, 6.45) is 4.75. The van der Waals surface area contributed by atoms with Crippen molar-refractivity contribution in [1.82, 2.24) is 0 Å². The molecule has 3 nitrogen and oxygen atoms in total. The van der Waals surface area contributed by atoms with Gasteiger partial charge in [0.25, 0.3) is 0 Å². The second-order valence-electron chi connectivity index (χ2n) is 4.53. The zero-order valence-electron chi connectivity index (χ0n) is 8.84. The van der Waals surface area contributed by atoms with Crippen molar-refractivity contribution < 1.29 is 14.4 Å². The van der Waals surface area contributed by atoms with Crippen LogP contribution in [0.25, 0.3) is 0 Å². The smallest absolute Gasteiger partial charge is 0.134 e. The monoisotopic (exact) mass is 206 g/mol. The molecule has 0 radical (unpaired) electrons. The van der Waals surface area contributed by atoms with Gasteiger partial charge in [0.2, 0.25) is 0 Å². The van der Waals surface area contributed by atoms with Gasteiger partial charge in [0.1, 0.15) is 17.9 Å². The summed E-state index contributed by atoms with van der Waals surface area (Å²) >= 11 is 0. The van der Waals surface area contributed by atoms with Crippen LogP contribution in [0.15, 0.2) is 12.2 Å². The van der Waals surface area contributed by atoms with Crippen LogP contribution in [0.2, 0.25) is 0 Å². The summed E-state index contributed by atoms with van der Waals surface area (Å²) in [5.74, 6) is -0.733. The fourth-order valence-electron chi connectivity index (χ4n) is 3.20. The van der Waals surface area contributed by atoms with Gasteiger partial charge >= 0.3 is 0 Å². The van der Waals surface area contributed by atoms with Crippen LogP contribution >= 0.6 is 0 Å². The van der Waals surface area contributed by atoms with Gasteiger partial charge in [-0.05, 0) is 25.7 Å². The molecule has 3 heteroatoms. The fourth-order valence-corrected chi connectivity index (χ4v) is 3.20. The van der Waals surface area contributed by atoms with Gasteiger partial charge in [0.05, 0.1) is 0 Å². The molecule has 0 heterocycles. The molecule has 2 bridgehead atoms. The highest BCUT2D eigenvalue weighted by molar-refractivity contribution is 5.90. The van der Waals surface area contributed by atoms with E-state index in [2.05, 4.69) is 0 Å². The number of Topliss-reactive ketones (excluding diaryl/α,β-unsaturated/α-hetero) is 2. The maximum Gasteiger partial charge on any atom is 0.134 e. The molecule has 0 aromatic carbocycles. The standard InChI is InChI=1S/C12H14O3/c1-6(14)11-8-3-4-9(10(8)5-13)12(11)7(2)15/h3-5,8-12H,1-2H3/t8-,9+,10?,11-,12-/m1/s1. The van der Waals surface area contributed by atoms with Crippen molar-refractivity contribution >= 4 is 17.9 Å². The molecular weight excluding hydrogens is 192 g/mol. The second-order valence-corrected chi connectivity index (χ2v) is 4.53. The van der Waals surface area contributed by atoms with Gasteiger partial charge in [-0.2, -0.15) is 0 Å². The molecular formula is C12H14O3. The molecule has 0 aromatic heterocycles. The molecule has 80 valence electrons. The number of fused-ring (bicyclic) bond motifs is 2. The Labute approximate surface area is 88.5 Å². The number of ketones is 2. The summed E-state index contributed by atoms with van der Waals surface area (Å²) in [5.41, 5.74) is 0. The summed E-state index contributed by atoms with van der Waals surface area (Å²) in [5, 5.41) is 0. The zero-order valence-corrected chi connectivity index (χ0v) is 8.84. The highest BCUT2D eigenvalue weighted by atomic mass is 16.1. The molecule has 1 fully saturated rings. The lowest BCUT2D eigenvalue weighted by Gasteiger charge is -2.22. The molecule has 0 amide bonds. The Kier molecular flexibility index (Phi) is 2.33. The Morgan fingerprint density at radius 3 is 1.67 bits per heavy atom. The van der Waals surface area contributed by atoms with Crippen LogP contribution in [-0.2, 0) is 14.4 Å². The van der Waals surface area contributed by atoms with Crippen LogP contribution < -0.4 is 0 Å². The Hall–Kier alpha value is -1.25. The number of carbonyl (C=O) groups is 3. The first-order chi connectivity index (χ1) is 7.07. The second kappa shape index (κ2) is 3.40. The molecule has 2 aliphatic rings. The van der Waals surface area contributed by atoms with Gasteiger partial charge in [-0.1, -0.05) is 12.2 Å². The van der Waals surface area contributed by atoms with Crippen LogP contribution in [0.5, 0.6) is 0 Å². The largest absolute Gasteiger partial charge is 0.303 e. The van der Waals surface area contributed by atoms with E-state index in [1.54, 1.807) is 0 Å². The third-order valence-electron chi connectivity index (χ3n) is 3.76. The van der Waals surface area contributed by atoms with Crippen molar-refractivity contribution in [3.05, 3.63) is 12.2 Å². The van der Waals surface area contributed by atoms with Crippen LogP contribution in [-0.4, -0.2) is 17.9 Å². The minimum Gasteiger partial charge on any atom is -0.303 e. The van der Waals surface area contributed by atoms with Gasteiger partial charge in [0, 0.05) is 17.8 Å². The Balaban J connectivity index is 2.39. The molecule has 5 atom stereocenters. The van der Waals surface area contributed by atoms with Gasteiger partial charge in [-0.15, -0.1) is 0 Å². The average molecular weight is 206 g/mol. The van der Waals surface area contributed by atoms with E-state index in [9.17, 15) is 14.4 Å². The van der Waals surface area contributed by atoms with Gasteiger partial charge in [0.15, 0.2) is 0 Å². The highest BCUT2D eigenvalue weighted by Gasteiger charge is 2.54. The van der Waals surface area contributed by atoms with Crippen LogP contribution in [0, 0.1) is 29.6 Å². The van der Waals surface area contributed by atoms with Gasteiger partial charge in [-0.25, -0.2) is 0 Å². The lowest BCUT2D eigenvalue weighted by molar-refractivity contribution is -0.130. The van der Waals surface area contributed by atoms with Gasteiger partial charge in [-0.3, -0.25) is 9.59 Å². The Bertz CT molecular complexity index is 326. The molecule has 0 spiro atoms.